The number of carbonyl (C=O) groups is 1. The summed E-state index contributed by atoms with van der Waals surface area (Å²) >= 11 is 0. The summed E-state index contributed by atoms with van der Waals surface area (Å²) in [5, 5.41) is 3.00. The van der Waals surface area contributed by atoms with Gasteiger partial charge in [0.05, 0.1) is 6.61 Å². The molecule has 0 atom stereocenters. The van der Waals surface area contributed by atoms with Crippen LogP contribution in [-0.2, 0) is 6.42 Å². The van der Waals surface area contributed by atoms with E-state index >= 15 is 0 Å². The molecule has 0 saturated carbocycles. The SMILES string of the molecule is CC(C)c1ccnc(N2CCN(C(=O)Nc3ccc4c(c3)CCO4)CC2)n1. The molecule has 142 valence electrons. The molecule has 0 aliphatic carbocycles. The molecule has 1 fully saturated rings. The first-order valence-electron chi connectivity index (χ1n) is 9.50. The molecule has 1 N–H and O–H groups in total. The van der Waals surface area contributed by atoms with Gasteiger partial charge in [0.25, 0.3) is 0 Å². The molecule has 1 saturated heterocycles. The lowest BCUT2D eigenvalue weighted by Crippen LogP contribution is -2.50. The topological polar surface area (TPSA) is 70.6 Å². The molecule has 27 heavy (non-hydrogen) atoms. The van der Waals surface area contributed by atoms with E-state index in [9.17, 15) is 4.79 Å². The third kappa shape index (κ3) is 3.82. The molecule has 2 aliphatic rings. The van der Waals surface area contributed by atoms with Gasteiger partial charge in [-0.15, -0.1) is 0 Å². The van der Waals surface area contributed by atoms with Crippen molar-refractivity contribution in [2.24, 2.45) is 0 Å². The Kier molecular flexibility index (Phi) is 4.83. The molecule has 7 nitrogen and oxygen atoms in total. The van der Waals surface area contributed by atoms with Crippen molar-refractivity contribution in [2.45, 2.75) is 26.2 Å². The van der Waals surface area contributed by atoms with Crippen molar-refractivity contribution < 1.29 is 9.53 Å². The van der Waals surface area contributed by atoms with E-state index in [1.165, 1.54) is 0 Å². The summed E-state index contributed by atoms with van der Waals surface area (Å²) in [4.78, 5) is 25.6. The highest BCUT2D eigenvalue weighted by Crippen LogP contribution is 2.28. The maximum atomic E-state index is 12.6. The fourth-order valence-electron chi connectivity index (χ4n) is 3.41. The lowest BCUT2D eigenvalue weighted by Gasteiger charge is -2.34. The molecule has 7 heteroatoms. The van der Waals surface area contributed by atoms with Gasteiger partial charge >= 0.3 is 6.03 Å². The van der Waals surface area contributed by atoms with E-state index in [1.54, 1.807) is 0 Å². The molecular weight excluding hydrogens is 342 g/mol. The molecule has 2 aliphatic heterocycles. The number of ether oxygens (including phenoxy) is 1. The largest absolute Gasteiger partial charge is 0.493 e. The van der Waals surface area contributed by atoms with E-state index < -0.39 is 0 Å². The molecular formula is C20H25N5O2. The maximum Gasteiger partial charge on any atom is 0.321 e. The summed E-state index contributed by atoms with van der Waals surface area (Å²) in [5.74, 6) is 2.04. The van der Waals surface area contributed by atoms with Crippen molar-refractivity contribution in [1.29, 1.82) is 0 Å². The number of urea groups is 1. The minimum absolute atomic E-state index is 0.0645. The highest BCUT2D eigenvalue weighted by Gasteiger charge is 2.23. The summed E-state index contributed by atoms with van der Waals surface area (Å²) in [6.45, 7) is 7.72. The fourth-order valence-corrected chi connectivity index (χ4v) is 3.41. The average molecular weight is 367 g/mol. The zero-order chi connectivity index (χ0) is 18.8. The van der Waals surface area contributed by atoms with Gasteiger partial charge in [-0.2, -0.15) is 0 Å². The molecule has 0 unspecified atom stereocenters. The monoisotopic (exact) mass is 367 g/mol. The number of amides is 2. The first kappa shape index (κ1) is 17.6. The van der Waals surface area contributed by atoms with E-state index in [2.05, 4.69) is 34.0 Å². The van der Waals surface area contributed by atoms with Crippen LogP contribution in [0.15, 0.2) is 30.5 Å². The van der Waals surface area contributed by atoms with Crippen LogP contribution in [0.4, 0.5) is 16.4 Å². The number of nitrogens with one attached hydrogen (secondary N) is 1. The molecule has 4 rings (SSSR count). The Morgan fingerprint density at radius 3 is 2.78 bits per heavy atom. The number of hydrogen-bond acceptors (Lipinski definition) is 5. The second kappa shape index (κ2) is 7.42. The van der Waals surface area contributed by atoms with Crippen LogP contribution in [0.5, 0.6) is 5.75 Å². The predicted molar refractivity (Wildman–Crippen MR) is 105 cm³/mol. The van der Waals surface area contributed by atoms with Crippen LogP contribution < -0.4 is 15.0 Å². The molecule has 0 radical (unpaired) electrons. The minimum atomic E-state index is -0.0645. The number of carbonyl (C=O) groups excluding carboxylic acids is 1. The van der Waals surface area contributed by atoms with Crippen molar-refractivity contribution in [3.8, 4) is 5.75 Å². The number of aromatic nitrogens is 2. The van der Waals surface area contributed by atoms with E-state index in [1.807, 2.05) is 35.4 Å². The quantitative estimate of drug-likeness (QED) is 0.903. The Bertz CT molecular complexity index is 831. The molecule has 3 heterocycles. The Morgan fingerprint density at radius 1 is 1.19 bits per heavy atom. The number of hydrogen-bond donors (Lipinski definition) is 1. The molecule has 2 aromatic rings. The smallest absolute Gasteiger partial charge is 0.321 e. The number of benzene rings is 1. The number of piperazine rings is 1. The van der Waals surface area contributed by atoms with Crippen LogP contribution >= 0.6 is 0 Å². The highest BCUT2D eigenvalue weighted by atomic mass is 16.5. The number of anilines is 2. The van der Waals surface area contributed by atoms with Crippen molar-refractivity contribution in [3.63, 3.8) is 0 Å². The van der Waals surface area contributed by atoms with Gasteiger partial charge in [0, 0.05) is 50.2 Å². The van der Waals surface area contributed by atoms with Crippen molar-refractivity contribution in [3.05, 3.63) is 41.7 Å². The highest BCUT2D eigenvalue weighted by molar-refractivity contribution is 5.89. The lowest BCUT2D eigenvalue weighted by atomic mass is 10.1. The molecule has 2 amide bonds. The van der Waals surface area contributed by atoms with Crippen LogP contribution in [0.1, 0.15) is 31.0 Å². The van der Waals surface area contributed by atoms with Gasteiger partial charge in [0.2, 0.25) is 5.95 Å². The summed E-state index contributed by atoms with van der Waals surface area (Å²) < 4.78 is 5.51. The summed E-state index contributed by atoms with van der Waals surface area (Å²) in [6.07, 6.45) is 2.71. The normalized spacial score (nSPS) is 16.3. The van der Waals surface area contributed by atoms with Gasteiger partial charge < -0.3 is 19.9 Å². The van der Waals surface area contributed by atoms with Crippen molar-refractivity contribution in [2.75, 3.05) is 43.0 Å². The van der Waals surface area contributed by atoms with Crippen LogP contribution in [0.3, 0.4) is 0 Å². The van der Waals surface area contributed by atoms with Crippen LogP contribution in [0.25, 0.3) is 0 Å². The zero-order valence-corrected chi connectivity index (χ0v) is 15.8. The fraction of sp³-hybridized carbons (Fsp3) is 0.450. The minimum Gasteiger partial charge on any atom is -0.493 e. The summed E-state index contributed by atoms with van der Waals surface area (Å²) in [6, 6.07) is 7.71. The first-order valence-corrected chi connectivity index (χ1v) is 9.50. The Labute approximate surface area is 159 Å². The van der Waals surface area contributed by atoms with E-state index in [-0.39, 0.29) is 6.03 Å². The third-order valence-corrected chi connectivity index (χ3v) is 5.05. The van der Waals surface area contributed by atoms with Crippen molar-refractivity contribution >= 4 is 17.7 Å². The standard InChI is InChI=1S/C20H25N5O2/c1-14(2)17-5-7-21-19(23-17)24-8-10-25(11-9-24)20(26)22-16-3-4-18-15(13-16)6-12-27-18/h3-5,7,13-14H,6,8-12H2,1-2H3,(H,22,26). The van der Waals surface area contributed by atoms with E-state index in [0.717, 1.165) is 54.8 Å². The van der Waals surface area contributed by atoms with Crippen molar-refractivity contribution in [1.82, 2.24) is 14.9 Å². The zero-order valence-electron chi connectivity index (χ0n) is 15.8. The van der Waals surface area contributed by atoms with Crippen LogP contribution in [-0.4, -0.2) is 53.7 Å². The predicted octanol–water partition coefficient (Wildman–Crippen LogP) is 2.89. The van der Waals surface area contributed by atoms with E-state index in [0.29, 0.717) is 19.0 Å². The Morgan fingerprint density at radius 2 is 2.00 bits per heavy atom. The molecule has 1 aromatic heterocycles. The van der Waals surface area contributed by atoms with Crippen LogP contribution in [0, 0.1) is 0 Å². The Balaban J connectivity index is 1.35. The lowest BCUT2D eigenvalue weighted by molar-refractivity contribution is 0.208. The van der Waals surface area contributed by atoms with Gasteiger partial charge in [-0.05, 0) is 35.7 Å². The van der Waals surface area contributed by atoms with Gasteiger partial charge in [0.1, 0.15) is 5.75 Å². The number of nitrogens with zero attached hydrogens (tertiary/aromatic N) is 4. The van der Waals surface area contributed by atoms with Crippen LogP contribution in [0.2, 0.25) is 0 Å². The molecule has 0 bridgehead atoms. The summed E-state index contributed by atoms with van der Waals surface area (Å²) in [7, 11) is 0. The maximum absolute atomic E-state index is 12.6. The van der Waals surface area contributed by atoms with Gasteiger partial charge in [-0.3, -0.25) is 0 Å². The van der Waals surface area contributed by atoms with E-state index in [4.69, 9.17) is 4.74 Å². The molecule has 1 aromatic carbocycles. The third-order valence-electron chi connectivity index (χ3n) is 5.05. The van der Waals surface area contributed by atoms with Gasteiger partial charge in [0.15, 0.2) is 0 Å². The average Bonchev–Trinajstić information content (AvgIpc) is 3.16. The Hall–Kier alpha value is -2.83. The second-order valence-corrected chi connectivity index (χ2v) is 7.26. The van der Waals surface area contributed by atoms with Gasteiger partial charge in [-0.25, -0.2) is 14.8 Å². The number of rotatable bonds is 3. The first-order chi connectivity index (χ1) is 13.1. The van der Waals surface area contributed by atoms with Gasteiger partial charge in [-0.1, -0.05) is 13.8 Å². The summed E-state index contributed by atoms with van der Waals surface area (Å²) in [5.41, 5.74) is 3.01. The second-order valence-electron chi connectivity index (χ2n) is 7.26. The number of fused-ring (bicyclic) bond motifs is 1. The molecule has 0 spiro atoms.